The number of benzene rings is 1. The first-order chi connectivity index (χ1) is 6.36. The van der Waals surface area contributed by atoms with Crippen molar-refractivity contribution in [1.29, 1.82) is 0 Å². The minimum absolute atomic E-state index is 0.583. The van der Waals surface area contributed by atoms with Crippen LogP contribution in [-0.2, 0) is 0 Å². The lowest BCUT2D eigenvalue weighted by Crippen LogP contribution is -2.34. The Morgan fingerprint density at radius 2 is 1.69 bits per heavy atom. The van der Waals surface area contributed by atoms with Crippen LogP contribution in [0.2, 0.25) is 0 Å². The number of hydrogen-bond donors (Lipinski definition) is 0. The second-order valence-electron chi connectivity index (χ2n) is 3.50. The molecule has 0 aromatic heterocycles. The predicted octanol–water partition coefficient (Wildman–Crippen LogP) is 2.62. The van der Waals surface area contributed by atoms with Crippen LogP contribution in [-0.4, -0.2) is 19.3 Å². The van der Waals surface area contributed by atoms with Crippen LogP contribution in [0.25, 0.3) is 0 Å². The minimum atomic E-state index is -0.583. The summed E-state index contributed by atoms with van der Waals surface area (Å²) in [6, 6.07) is 10.2. The van der Waals surface area contributed by atoms with Crippen LogP contribution in [0, 0.1) is 0 Å². The Balaban J connectivity index is 2.03. The average molecular weight is 179 g/mol. The van der Waals surface area contributed by atoms with E-state index in [2.05, 4.69) is 17.0 Å². The number of anilines is 1. The predicted molar refractivity (Wildman–Crippen MR) is 52.8 cm³/mol. The molecular weight excluding hydrogens is 165 g/mol. The summed E-state index contributed by atoms with van der Waals surface area (Å²) in [6.07, 6.45) is 0.768. The molecule has 1 nitrogen and oxygen atoms in total. The molecule has 0 unspecified atom stereocenters. The SMILES string of the molecule is FC1CCN(c2ccccc2)CC1. The molecule has 1 aromatic carbocycles. The smallest absolute Gasteiger partial charge is 0.103 e. The van der Waals surface area contributed by atoms with Crippen LogP contribution in [0.1, 0.15) is 12.8 Å². The zero-order chi connectivity index (χ0) is 9.10. The van der Waals surface area contributed by atoms with Gasteiger partial charge >= 0.3 is 0 Å². The lowest BCUT2D eigenvalue weighted by molar-refractivity contribution is 0.277. The Labute approximate surface area is 78.2 Å². The van der Waals surface area contributed by atoms with Crippen LogP contribution in [0.5, 0.6) is 0 Å². The lowest BCUT2D eigenvalue weighted by atomic mass is 10.1. The molecule has 1 saturated heterocycles. The molecule has 0 amide bonds. The zero-order valence-electron chi connectivity index (χ0n) is 7.62. The molecule has 0 N–H and O–H groups in total. The Morgan fingerprint density at radius 1 is 1.08 bits per heavy atom. The molecule has 2 rings (SSSR count). The summed E-state index contributed by atoms with van der Waals surface area (Å²) in [6.45, 7) is 1.70. The minimum Gasteiger partial charge on any atom is -0.371 e. The van der Waals surface area contributed by atoms with E-state index in [9.17, 15) is 4.39 Å². The number of alkyl halides is 1. The quantitative estimate of drug-likeness (QED) is 0.640. The molecule has 13 heavy (non-hydrogen) atoms. The molecule has 0 radical (unpaired) electrons. The maximum absolute atomic E-state index is 12.8. The van der Waals surface area contributed by atoms with Gasteiger partial charge in [-0.05, 0) is 25.0 Å². The van der Waals surface area contributed by atoms with Crippen LogP contribution in [0.3, 0.4) is 0 Å². The van der Waals surface area contributed by atoms with Gasteiger partial charge in [0.15, 0.2) is 0 Å². The number of halogens is 1. The standard InChI is InChI=1S/C11H14FN/c12-10-6-8-13(9-7-10)11-4-2-1-3-5-11/h1-5,10H,6-9H2. The van der Waals surface area contributed by atoms with Crippen molar-refractivity contribution in [2.24, 2.45) is 0 Å². The molecule has 0 bridgehead atoms. The largest absolute Gasteiger partial charge is 0.371 e. The average Bonchev–Trinajstić information content (AvgIpc) is 2.20. The van der Waals surface area contributed by atoms with Crippen molar-refractivity contribution in [2.45, 2.75) is 19.0 Å². The molecule has 1 aromatic rings. The number of hydrogen-bond acceptors (Lipinski definition) is 1. The fourth-order valence-corrected chi connectivity index (χ4v) is 1.74. The molecule has 2 heteroatoms. The third-order valence-electron chi connectivity index (χ3n) is 2.55. The molecule has 70 valence electrons. The van der Waals surface area contributed by atoms with Gasteiger partial charge in [0, 0.05) is 18.8 Å². The van der Waals surface area contributed by atoms with Gasteiger partial charge in [-0.25, -0.2) is 4.39 Å². The van der Waals surface area contributed by atoms with Gasteiger partial charge in [0.2, 0.25) is 0 Å². The van der Waals surface area contributed by atoms with Crippen LogP contribution in [0.4, 0.5) is 10.1 Å². The first-order valence-electron chi connectivity index (χ1n) is 4.80. The van der Waals surface area contributed by atoms with E-state index in [4.69, 9.17) is 0 Å². The fourth-order valence-electron chi connectivity index (χ4n) is 1.74. The molecule has 1 aliphatic rings. The summed E-state index contributed by atoms with van der Waals surface area (Å²) in [4.78, 5) is 2.25. The van der Waals surface area contributed by atoms with Crippen LogP contribution in [0.15, 0.2) is 30.3 Å². The highest BCUT2D eigenvalue weighted by atomic mass is 19.1. The van der Waals surface area contributed by atoms with Gasteiger partial charge in [-0.1, -0.05) is 18.2 Å². The Bertz CT molecular complexity index is 252. The van der Waals surface area contributed by atoms with Crippen molar-refractivity contribution < 1.29 is 4.39 Å². The van der Waals surface area contributed by atoms with Gasteiger partial charge in [-0.3, -0.25) is 0 Å². The highest BCUT2D eigenvalue weighted by molar-refractivity contribution is 5.46. The molecule has 1 heterocycles. The third kappa shape index (κ3) is 2.00. The molecular formula is C11H14FN. The summed E-state index contributed by atoms with van der Waals surface area (Å²) in [7, 11) is 0. The van der Waals surface area contributed by atoms with Crippen molar-refractivity contribution in [2.75, 3.05) is 18.0 Å². The summed E-state index contributed by atoms with van der Waals surface area (Å²) in [5, 5.41) is 0. The zero-order valence-corrected chi connectivity index (χ0v) is 7.62. The Kier molecular flexibility index (Phi) is 2.48. The van der Waals surface area contributed by atoms with E-state index in [-0.39, 0.29) is 0 Å². The maximum atomic E-state index is 12.8. The van der Waals surface area contributed by atoms with Gasteiger partial charge in [0.1, 0.15) is 6.17 Å². The Hall–Kier alpha value is -1.05. The van der Waals surface area contributed by atoms with Gasteiger partial charge in [0.05, 0.1) is 0 Å². The molecule has 0 spiro atoms. The molecule has 1 fully saturated rings. The van der Waals surface area contributed by atoms with Crippen molar-refractivity contribution in [3.63, 3.8) is 0 Å². The second-order valence-corrected chi connectivity index (χ2v) is 3.50. The normalized spacial score (nSPS) is 19.0. The number of rotatable bonds is 1. The first-order valence-corrected chi connectivity index (χ1v) is 4.80. The van der Waals surface area contributed by atoms with E-state index in [1.165, 1.54) is 5.69 Å². The topological polar surface area (TPSA) is 3.24 Å². The third-order valence-corrected chi connectivity index (χ3v) is 2.55. The lowest BCUT2D eigenvalue weighted by Gasteiger charge is -2.30. The van der Waals surface area contributed by atoms with Crippen molar-refractivity contribution in [1.82, 2.24) is 0 Å². The van der Waals surface area contributed by atoms with E-state index in [0.717, 1.165) is 13.1 Å². The van der Waals surface area contributed by atoms with Crippen LogP contribution < -0.4 is 4.90 Å². The summed E-state index contributed by atoms with van der Waals surface area (Å²) in [5.41, 5.74) is 1.22. The monoisotopic (exact) mass is 179 g/mol. The van der Waals surface area contributed by atoms with E-state index < -0.39 is 6.17 Å². The van der Waals surface area contributed by atoms with Gasteiger partial charge in [-0.15, -0.1) is 0 Å². The highest BCUT2D eigenvalue weighted by Crippen LogP contribution is 2.20. The van der Waals surface area contributed by atoms with Crippen molar-refractivity contribution in [3.8, 4) is 0 Å². The number of piperidine rings is 1. The molecule has 0 aliphatic carbocycles. The van der Waals surface area contributed by atoms with E-state index in [1.807, 2.05) is 18.2 Å². The molecule has 1 aliphatic heterocycles. The summed E-state index contributed by atoms with van der Waals surface area (Å²) >= 11 is 0. The highest BCUT2D eigenvalue weighted by Gasteiger charge is 2.17. The second kappa shape index (κ2) is 3.77. The maximum Gasteiger partial charge on any atom is 0.103 e. The molecule has 0 atom stereocenters. The van der Waals surface area contributed by atoms with E-state index >= 15 is 0 Å². The van der Waals surface area contributed by atoms with Crippen molar-refractivity contribution >= 4 is 5.69 Å². The number of nitrogens with zero attached hydrogens (tertiary/aromatic N) is 1. The first kappa shape index (κ1) is 8.54. The number of para-hydroxylation sites is 1. The summed E-state index contributed by atoms with van der Waals surface area (Å²) in [5.74, 6) is 0. The summed E-state index contributed by atoms with van der Waals surface area (Å²) < 4.78 is 12.8. The fraction of sp³-hybridized carbons (Fsp3) is 0.455. The van der Waals surface area contributed by atoms with E-state index in [0.29, 0.717) is 12.8 Å². The van der Waals surface area contributed by atoms with Crippen LogP contribution >= 0.6 is 0 Å². The van der Waals surface area contributed by atoms with E-state index in [1.54, 1.807) is 0 Å². The molecule has 0 saturated carbocycles. The van der Waals surface area contributed by atoms with Crippen molar-refractivity contribution in [3.05, 3.63) is 30.3 Å². The van der Waals surface area contributed by atoms with Gasteiger partial charge in [0.25, 0.3) is 0 Å². The Morgan fingerprint density at radius 3 is 2.31 bits per heavy atom. The van der Waals surface area contributed by atoms with Gasteiger partial charge in [-0.2, -0.15) is 0 Å². The van der Waals surface area contributed by atoms with Gasteiger partial charge < -0.3 is 4.90 Å².